The zero-order chi connectivity index (χ0) is 18.9. The van der Waals surface area contributed by atoms with Crippen LogP contribution in [0.4, 0.5) is 0 Å². The molecule has 5 heteroatoms. The number of aliphatic hydroxyl groups excluding tert-OH is 1. The van der Waals surface area contributed by atoms with Gasteiger partial charge in [-0.05, 0) is 43.6 Å². The standard InChI is InChI=1S/C21H28O5/c1-19-8-6-13(22)10-12(19)4-5-14-15-7-9-21(25,18(24)26-3)20(15,2)11-16(23)17(14)19/h4,6,8,14-17,23,25H,5,7,9-11H2,1-3H3/t14?,15?,16-,17?,19-,20-,21-/m0/s1. The maximum atomic E-state index is 12.4. The number of hydrogen-bond donors (Lipinski definition) is 2. The summed E-state index contributed by atoms with van der Waals surface area (Å²) in [5.74, 6) is -0.155. The van der Waals surface area contributed by atoms with Crippen molar-refractivity contribution in [2.75, 3.05) is 7.11 Å². The lowest BCUT2D eigenvalue weighted by molar-refractivity contribution is -0.193. The number of fused-ring (bicyclic) bond motifs is 5. The SMILES string of the molecule is COC(=O)[C@@]1(O)CCC2C3CC=C4CC(=O)C=C[C@]4(C)C3[C@@H](O)C[C@@]21C. The number of carbonyl (C=O) groups excluding carboxylic acids is 2. The molecule has 0 radical (unpaired) electrons. The Morgan fingerprint density at radius 3 is 2.77 bits per heavy atom. The third-order valence-corrected chi connectivity index (χ3v) is 8.13. The fourth-order valence-electron chi connectivity index (χ4n) is 6.74. The number of carbonyl (C=O) groups is 2. The van der Waals surface area contributed by atoms with E-state index in [9.17, 15) is 19.8 Å². The van der Waals surface area contributed by atoms with Gasteiger partial charge in [0.2, 0.25) is 0 Å². The van der Waals surface area contributed by atoms with E-state index in [1.165, 1.54) is 7.11 Å². The molecule has 0 spiro atoms. The third-order valence-electron chi connectivity index (χ3n) is 8.13. The molecule has 0 aromatic rings. The predicted molar refractivity (Wildman–Crippen MR) is 95.0 cm³/mol. The average Bonchev–Trinajstić information content (AvgIpc) is 2.86. The van der Waals surface area contributed by atoms with Crippen LogP contribution in [0.1, 0.15) is 46.0 Å². The van der Waals surface area contributed by atoms with Gasteiger partial charge >= 0.3 is 5.97 Å². The van der Waals surface area contributed by atoms with Gasteiger partial charge in [0.25, 0.3) is 0 Å². The summed E-state index contributed by atoms with van der Waals surface area (Å²) in [7, 11) is 1.31. The lowest BCUT2D eigenvalue weighted by Gasteiger charge is -2.58. The molecule has 4 aliphatic rings. The molecule has 4 aliphatic carbocycles. The van der Waals surface area contributed by atoms with Crippen molar-refractivity contribution in [3.63, 3.8) is 0 Å². The van der Waals surface area contributed by atoms with Crippen molar-refractivity contribution in [1.29, 1.82) is 0 Å². The summed E-state index contributed by atoms with van der Waals surface area (Å²) in [6, 6.07) is 0. The van der Waals surface area contributed by atoms with Crippen molar-refractivity contribution in [1.82, 2.24) is 0 Å². The molecule has 0 heterocycles. The lowest BCUT2D eigenvalue weighted by Crippen LogP contribution is -2.61. The molecule has 0 amide bonds. The summed E-state index contributed by atoms with van der Waals surface area (Å²) >= 11 is 0. The smallest absolute Gasteiger partial charge is 0.338 e. The highest BCUT2D eigenvalue weighted by atomic mass is 16.5. The maximum Gasteiger partial charge on any atom is 0.338 e. The Hall–Kier alpha value is -1.46. The monoisotopic (exact) mass is 360 g/mol. The second kappa shape index (κ2) is 5.52. The van der Waals surface area contributed by atoms with E-state index in [0.717, 1.165) is 18.4 Å². The summed E-state index contributed by atoms with van der Waals surface area (Å²) in [5, 5.41) is 22.4. The molecule has 2 fully saturated rings. The van der Waals surface area contributed by atoms with Gasteiger partial charge in [-0.3, -0.25) is 4.79 Å². The topological polar surface area (TPSA) is 83.8 Å². The molecule has 7 atom stereocenters. The van der Waals surface area contributed by atoms with Gasteiger partial charge in [-0.1, -0.05) is 31.6 Å². The zero-order valence-electron chi connectivity index (χ0n) is 15.7. The summed E-state index contributed by atoms with van der Waals surface area (Å²) in [5.41, 5.74) is -1.46. The summed E-state index contributed by atoms with van der Waals surface area (Å²) < 4.78 is 4.91. The average molecular weight is 360 g/mol. The molecule has 5 nitrogen and oxygen atoms in total. The van der Waals surface area contributed by atoms with Gasteiger partial charge in [0, 0.05) is 23.2 Å². The van der Waals surface area contributed by atoms with Gasteiger partial charge in [-0.2, -0.15) is 0 Å². The van der Waals surface area contributed by atoms with Gasteiger partial charge in [-0.15, -0.1) is 0 Å². The van der Waals surface area contributed by atoms with Crippen molar-refractivity contribution in [3.8, 4) is 0 Å². The van der Waals surface area contributed by atoms with Crippen molar-refractivity contribution in [2.24, 2.45) is 28.6 Å². The first-order valence-electron chi connectivity index (χ1n) is 9.58. The number of ketones is 1. The quantitative estimate of drug-likeness (QED) is 0.553. The Kier molecular flexibility index (Phi) is 3.81. The van der Waals surface area contributed by atoms with E-state index in [-0.39, 0.29) is 29.0 Å². The molecule has 142 valence electrons. The number of methoxy groups -OCH3 is 1. The number of ether oxygens (including phenoxy) is 1. The first kappa shape index (κ1) is 17.9. The maximum absolute atomic E-state index is 12.4. The van der Waals surface area contributed by atoms with E-state index < -0.39 is 23.1 Å². The lowest BCUT2D eigenvalue weighted by atomic mass is 9.47. The number of rotatable bonds is 1. The number of aliphatic hydroxyl groups is 2. The van der Waals surface area contributed by atoms with Crippen molar-refractivity contribution < 1.29 is 24.5 Å². The molecule has 2 saturated carbocycles. The van der Waals surface area contributed by atoms with Crippen molar-refractivity contribution >= 4 is 11.8 Å². The van der Waals surface area contributed by atoms with Crippen LogP contribution in [-0.2, 0) is 14.3 Å². The number of hydrogen-bond acceptors (Lipinski definition) is 5. The second-order valence-electron chi connectivity index (χ2n) is 9.10. The summed E-state index contributed by atoms with van der Waals surface area (Å²) in [4.78, 5) is 24.2. The van der Waals surface area contributed by atoms with Gasteiger partial charge in [0.15, 0.2) is 11.4 Å². The van der Waals surface area contributed by atoms with Crippen LogP contribution < -0.4 is 0 Å². The highest BCUT2D eigenvalue weighted by Crippen LogP contribution is 2.66. The summed E-state index contributed by atoms with van der Waals surface area (Å²) in [6.45, 7) is 4.05. The van der Waals surface area contributed by atoms with Crippen LogP contribution in [0.15, 0.2) is 23.8 Å². The highest BCUT2D eigenvalue weighted by Gasteiger charge is 2.68. The van der Waals surface area contributed by atoms with E-state index in [4.69, 9.17) is 4.74 Å². The molecule has 0 aliphatic heterocycles. The van der Waals surface area contributed by atoms with Crippen LogP contribution >= 0.6 is 0 Å². The molecule has 0 aromatic heterocycles. The molecule has 0 bridgehead atoms. The van der Waals surface area contributed by atoms with Gasteiger partial charge in [0.05, 0.1) is 13.2 Å². The molecule has 3 unspecified atom stereocenters. The van der Waals surface area contributed by atoms with E-state index in [1.54, 1.807) is 6.08 Å². The van der Waals surface area contributed by atoms with E-state index in [2.05, 4.69) is 13.0 Å². The molecule has 0 aromatic carbocycles. The molecule has 26 heavy (non-hydrogen) atoms. The zero-order valence-corrected chi connectivity index (χ0v) is 15.7. The van der Waals surface area contributed by atoms with Crippen LogP contribution in [0.25, 0.3) is 0 Å². The Bertz CT molecular complexity index is 724. The van der Waals surface area contributed by atoms with Gasteiger partial charge < -0.3 is 14.9 Å². The Morgan fingerprint density at radius 1 is 1.35 bits per heavy atom. The largest absolute Gasteiger partial charge is 0.467 e. The van der Waals surface area contributed by atoms with E-state index >= 15 is 0 Å². The first-order chi connectivity index (χ1) is 12.2. The molecule has 4 rings (SSSR count). The van der Waals surface area contributed by atoms with Crippen LogP contribution in [0.3, 0.4) is 0 Å². The van der Waals surface area contributed by atoms with Crippen LogP contribution in [-0.4, -0.2) is 40.8 Å². The molecule has 0 saturated heterocycles. The van der Waals surface area contributed by atoms with Crippen molar-refractivity contribution in [3.05, 3.63) is 23.8 Å². The highest BCUT2D eigenvalue weighted by molar-refractivity contribution is 5.93. The van der Waals surface area contributed by atoms with Crippen molar-refractivity contribution in [2.45, 2.75) is 57.7 Å². The molecular weight excluding hydrogens is 332 g/mol. The molecular formula is C21H28O5. The van der Waals surface area contributed by atoms with E-state index in [1.807, 2.05) is 13.0 Å². The third kappa shape index (κ3) is 2.04. The summed E-state index contributed by atoms with van der Waals surface area (Å²) in [6.07, 6.45) is 7.85. The number of esters is 1. The Balaban J connectivity index is 1.76. The predicted octanol–water partition coefficient (Wildman–Crippen LogP) is 2.17. The van der Waals surface area contributed by atoms with Crippen LogP contribution in [0.2, 0.25) is 0 Å². The first-order valence-corrected chi connectivity index (χ1v) is 9.58. The molecule has 2 N–H and O–H groups in total. The minimum absolute atomic E-state index is 0.00456. The Morgan fingerprint density at radius 2 is 2.08 bits per heavy atom. The van der Waals surface area contributed by atoms with Crippen LogP contribution in [0.5, 0.6) is 0 Å². The Labute approximate surface area is 154 Å². The van der Waals surface area contributed by atoms with Gasteiger partial charge in [-0.25, -0.2) is 4.79 Å². The van der Waals surface area contributed by atoms with Gasteiger partial charge in [0.1, 0.15) is 0 Å². The van der Waals surface area contributed by atoms with E-state index in [0.29, 0.717) is 19.3 Å². The fourth-order valence-corrected chi connectivity index (χ4v) is 6.74. The van der Waals surface area contributed by atoms with Crippen LogP contribution in [0, 0.1) is 28.6 Å². The number of allylic oxidation sites excluding steroid dienone is 4. The minimum Gasteiger partial charge on any atom is -0.467 e. The minimum atomic E-state index is -1.54. The fraction of sp³-hybridized carbons (Fsp3) is 0.714. The second-order valence-corrected chi connectivity index (χ2v) is 9.10. The normalized spacial score (nSPS) is 49.7.